The Kier molecular flexibility index (Phi) is 5.29. The van der Waals surface area contributed by atoms with Crippen LogP contribution in [0.3, 0.4) is 0 Å². The number of piperazine rings is 1. The standard InChI is InChI=1S/C21H25N3O2S/c25-27(26,15-10-18-6-2-1-3-7-18)24-13-11-23(12-14-24)17-19-16-22-21-9-5-4-8-20(19)21/h1-9,16,22H,10-15,17H2. The van der Waals surface area contributed by atoms with E-state index in [4.69, 9.17) is 0 Å². The zero-order valence-electron chi connectivity index (χ0n) is 15.3. The third-order valence-corrected chi connectivity index (χ3v) is 7.16. The van der Waals surface area contributed by atoms with Gasteiger partial charge in [-0.3, -0.25) is 4.90 Å². The van der Waals surface area contributed by atoms with E-state index in [9.17, 15) is 8.42 Å². The molecule has 1 saturated heterocycles. The lowest BCUT2D eigenvalue weighted by molar-refractivity contribution is 0.182. The summed E-state index contributed by atoms with van der Waals surface area (Å²) in [5, 5.41) is 1.25. The third-order valence-electron chi connectivity index (χ3n) is 5.29. The summed E-state index contributed by atoms with van der Waals surface area (Å²) in [5.74, 6) is 0.180. The molecule has 4 rings (SSSR count). The number of hydrogen-bond acceptors (Lipinski definition) is 3. The second kappa shape index (κ2) is 7.84. The van der Waals surface area contributed by atoms with E-state index in [-0.39, 0.29) is 5.75 Å². The molecule has 1 fully saturated rings. The molecule has 3 aromatic rings. The Hall–Kier alpha value is -2.15. The molecule has 0 radical (unpaired) electrons. The van der Waals surface area contributed by atoms with Crippen molar-refractivity contribution in [2.24, 2.45) is 0 Å². The molecule has 1 aliphatic rings. The van der Waals surface area contributed by atoms with Crippen molar-refractivity contribution in [3.8, 4) is 0 Å². The van der Waals surface area contributed by atoms with Crippen molar-refractivity contribution in [2.75, 3.05) is 31.9 Å². The van der Waals surface area contributed by atoms with Gasteiger partial charge in [0.25, 0.3) is 0 Å². The monoisotopic (exact) mass is 383 g/mol. The quantitative estimate of drug-likeness (QED) is 0.712. The Morgan fingerprint density at radius 2 is 1.59 bits per heavy atom. The van der Waals surface area contributed by atoms with Crippen LogP contribution < -0.4 is 0 Å². The van der Waals surface area contributed by atoms with Gasteiger partial charge in [-0.25, -0.2) is 8.42 Å². The minimum atomic E-state index is -3.20. The van der Waals surface area contributed by atoms with Crippen LogP contribution in [-0.2, 0) is 23.0 Å². The Bertz CT molecular complexity index is 990. The van der Waals surface area contributed by atoms with Crippen molar-refractivity contribution < 1.29 is 8.42 Å². The van der Waals surface area contributed by atoms with E-state index < -0.39 is 10.0 Å². The second-order valence-electron chi connectivity index (χ2n) is 7.09. The highest BCUT2D eigenvalue weighted by Gasteiger charge is 2.26. The highest BCUT2D eigenvalue weighted by Crippen LogP contribution is 2.20. The lowest BCUT2D eigenvalue weighted by atomic mass is 10.1. The molecule has 0 saturated carbocycles. The Morgan fingerprint density at radius 3 is 2.37 bits per heavy atom. The number of hydrogen-bond donors (Lipinski definition) is 1. The average molecular weight is 384 g/mol. The van der Waals surface area contributed by atoms with Crippen molar-refractivity contribution >= 4 is 20.9 Å². The number of aromatic nitrogens is 1. The van der Waals surface area contributed by atoms with Crippen LogP contribution in [0.1, 0.15) is 11.1 Å². The fourth-order valence-electron chi connectivity index (χ4n) is 3.69. The van der Waals surface area contributed by atoms with Gasteiger partial charge in [0.15, 0.2) is 0 Å². The van der Waals surface area contributed by atoms with Gasteiger partial charge in [0.1, 0.15) is 0 Å². The van der Waals surface area contributed by atoms with Crippen LogP contribution in [0.25, 0.3) is 10.9 Å². The van der Waals surface area contributed by atoms with Crippen LogP contribution >= 0.6 is 0 Å². The van der Waals surface area contributed by atoms with Gasteiger partial charge in [-0.05, 0) is 23.6 Å². The molecular formula is C21H25N3O2S. The van der Waals surface area contributed by atoms with Gasteiger partial charge in [0.2, 0.25) is 10.0 Å². The summed E-state index contributed by atoms with van der Waals surface area (Å²) in [6.07, 6.45) is 2.63. The number of fused-ring (bicyclic) bond motifs is 1. The number of nitrogens with one attached hydrogen (secondary N) is 1. The number of H-pyrrole nitrogens is 1. The van der Waals surface area contributed by atoms with Crippen LogP contribution in [0.2, 0.25) is 0 Å². The molecule has 0 amide bonds. The topological polar surface area (TPSA) is 56.4 Å². The highest BCUT2D eigenvalue weighted by atomic mass is 32.2. The molecule has 142 valence electrons. The largest absolute Gasteiger partial charge is 0.361 e. The molecule has 0 spiro atoms. The van der Waals surface area contributed by atoms with E-state index in [1.54, 1.807) is 4.31 Å². The summed E-state index contributed by atoms with van der Waals surface area (Å²) >= 11 is 0. The number of rotatable bonds is 6. The lowest BCUT2D eigenvalue weighted by Gasteiger charge is -2.34. The summed E-state index contributed by atoms with van der Waals surface area (Å²) in [6, 6.07) is 18.1. The van der Waals surface area contributed by atoms with E-state index >= 15 is 0 Å². The third kappa shape index (κ3) is 4.24. The van der Waals surface area contributed by atoms with Crippen molar-refractivity contribution in [1.29, 1.82) is 0 Å². The lowest BCUT2D eigenvalue weighted by Crippen LogP contribution is -2.48. The predicted octanol–water partition coefficient (Wildman–Crippen LogP) is 2.86. The van der Waals surface area contributed by atoms with Crippen LogP contribution in [0.5, 0.6) is 0 Å². The van der Waals surface area contributed by atoms with Gasteiger partial charge in [0.05, 0.1) is 5.75 Å². The highest BCUT2D eigenvalue weighted by molar-refractivity contribution is 7.89. The van der Waals surface area contributed by atoms with Crippen molar-refractivity contribution in [2.45, 2.75) is 13.0 Å². The minimum absolute atomic E-state index is 0.180. The van der Waals surface area contributed by atoms with Gasteiger partial charge in [0, 0.05) is 49.8 Å². The van der Waals surface area contributed by atoms with E-state index in [1.807, 2.05) is 36.4 Å². The van der Waals surface area contributed by atoms with Gasteiger partial charge in [-0.2, -0.15) is 4.31 Å². The molecule has 0 aliphatic carbocycles. The normalized spacial score (nSPS) is 16.7. The zero-order chi connectivity index (χ0) is 18.7. The maximum atomic E-state index is 12.7. The van der Waals surface area contributed by atoms with E-state index in [1.165, 1.54) is 10.9 Å². The predicted molar refractivity (Wildman–Crippen MR) is 109 cm³/mol. The number of sulfonamides is 1. The first-order valence-electron chi connectivity index (χ1n) is 9.41. The summed E-state index contributed by atoms with van der Waals surface area (Å²) in [7, 11) is -3.20. The number of aryl methyl sites for hydroxylation is 1. The summed E-state index contributed by atoms with van der Waals surface area (Å²) in [4.78, 5) is 5.64. The fraction of sp³-hybridized carbons (Fsp3) is 0.333. The molecule has 1 aliphatic heterocycles. The molecule has 2 heterocycles. The summed E-state index contributed by atoms with van der Waals surface area (Å²) in [5.41, 5.74) is 3.49. The Labute approximate surface area is 160 Å². The fourth-order valence-corrected chi connectivity index (χ4v) is 5.16. The summed E-state index contributed by atoms with van der Waals surface area (Å²) < 4.78 is 27.0. The Balaban J connectivity index is 1.33. The number of para-hydroxylation sites is 1. The molecule has 1 aromatic heterocycles. The van der Waals surface area contributed by atoms with Crippen molar-refractivity contribution in [3.05, 3.63) is 71.9 Å². The van der Waals surface area contributed by atoms with E-state index in [0.29, 0.717) is 19.5 Å². The van der Waals surface area contributed by atoms with Crippen molar-refractivity contribution in [1.82, 2.24) is 14.2 Å². The number of nitrogens with zero attached hydrogens (tertiary/aromatic N) is 2. The van der Waals surface area contributed by atoms with Crippen LogP contribution in [0.4, 0.5) is 0 Å². The maximum Gasteiger partial charge on any atom is 0.214 e. The second-order valence-corrected chi connectivity index (χ2v) is 9.17. The van der Waals surface area contributed by atoms with Crippen LogP contribution in [-0.4, -0.2) is 54.5 Å². The molecular weight excluding hydrogens is 358 g/mol. The molecule has 0 atom stereocenters. The SMILES string of the molecule is O=S(=O)(CCc1ccccc1)N1CCN(Cc2c[nH]c3ccccc23)CC1. The van der Waals surface area contributed by atoms with E-state index in [2.05, 4.69) is 34.3 Å². The average Bonchev–Trinajstić information content (AvgIpc) is 3.11. The first-order chi connectivity index (χ1) is 13.1. The number of benzene rings is 2. The van der Waals surface area contributed by atoms with Gasteiger partial charge < -0.3 is 4.98 Å². The first-order valence-corrected chi connectivity index (χ1v) is 11.0. The molecule has 27 heavy (non-hydrogen) atoms. The van der Waals surface area contributed by atoms with Crippen LogP contribution in [0.15, 0.2) is 60.8 Å². The maximum absolute atomic E-state index is 12.7. The molecule has 2 aromatic carbocycles. The van der Waals surface area contributed by atoms with Crippen LogP contribution in [0, 0.1) is 0 Å². The molecule has 6 heteroatoms. The zero-order valence-corrected chi connectivity index (χ0v) is 16.2. The molecule has 1 N–H and O–H groups in total. The smallest absolute Gasteiger partial charge is 0.214 e. The molecule has 5 nitrogen and oxygen atoms in total. The first kappa shape index (κ1) is 18.2. The van der Waals surface area contributed by atoms with Gasteiger partial charge >= 0.3 is 0 Å². The van der Waals surface area contributed by atoms with Crippen molar-refractivity contribution in [3.63, 3.8) is 0 Å². The molecule has 0 unspecified atom stereocenters. The van der Waals surface area contributed by atoms with Gasteiger partial charge in [-0.15, -0.1) is 0 Å². The minimum Gasteiger partial charge on any atom is -0.361 e. The number of aromatic amines is 1. The summed E-state index contributed by atoms with van der Waals surface area (Å²) in [6.45, 7) is 3.52. The Morgan fingerprint density at radius 1 is 0.889 bits per heavy atom. The van der Waals surface area contributed by atoms with E-state index in [0.717, 1.165) is 30.7 Å². The van der Waals surface area contributed by atoms with Gasteiger partial charge in [-0.1, -0.05) is 48.5 Å². The molecule has 0 bridgehead atoms.